The van der Waals surface area contributed by atoms with Gasteiger partial charge in [-0.25, -0.2) is 10.2 Å². The molecule has 2 fully saturated rings. The maximum Gasteiger partial charge on any atom is 0.266 e. The van der Waals surface area contributed by atoms with Crippen LogP contribution in [0.1, 0.15) is 0 Å². The van der Waals surface area contributed by atoms with E-state index in [-0.39, 0.29) is 36.3 Å². The van der Waals surface area contributed by atoms with Crippen molar-refractivity contribution in [2.24, 2.45) is 0 Å². The van der Waals surface area contributed by atoms with Gasteiger partial charge in [0.1, 0.15) is 5.82 Å². The van der Waals surface area contributed by atoms with E-state index in [0.717, 1.165) is 12.0 Å². The Balaban J connectivity index is 1.33. The van der Waals surface area contributed by atoms with Crippen LogP contribution in [0.5, 0.6) is 0 Å². The predicted molar refractivity (Wildman–Crippen MR) is 165 cm³/mol. The van der Waals surface area contributed by atoms with Crippen molar-refractivity contribution in [1.29, 1.82) is 0 Å². The molecule has 6 N–H and O–H groups in total. The Morgan fingerprint density at radius 1 is 0.783 bits per heavy atom. The first kappa shape index (κ1) is 33.3. The quantitative estimate of drug-likeness (QED) is 0.0374. The first-order valence-electron chi connectivity index (χ1n) is 13.9. The molecule has 0 atom stereocenters. The molecule has 5 heterocycles. The first-order chi connectivity index (χ1) is 22.3. The van der Waals surface area contributed by atoms with Crippen molar-refractivity contribution >= 4 is 69.6 Å². The standard InChI is InChI=1S/C22H32N14O8S2/c37-43-44-45-13-3-24-17-30-20(34-22(31-17)36-7-11-42-12-8-36)28-16-23-2-1-15(26-16)27-19-29-18(25-4-14-46(38,39)40)32-21(33-19)35-5-9-41-10-6-35/h1-2,37H,3-14H2,(H,38,39,40)(H4,23,24,25,26,27,28,29,30,31,32,33,34). The Kier molecular flexibility index (Phi) is 12.0. The van der Waals surface area contributed by atoms with Crippen LogP contribution >= 0.6 is 12.0 Å². The summed E-state index contributed by atoms with van der Waals surface area (Å²) in [5.74, 6) is 1.84. The number of ether oxygens (including phenoxy) is 2. The molecule has 0 aromatic carbocycles. The summed E-state index contributed by atoms with van der Waals surface area (Å²) in [4.78, 5) is 39.3. The maximum atomic E-state index is 11.2. The second kappa shape index (κ2) is 16.5. The number of hydrogen-bond donors (Lipinski definition) is 6. The third-order valence-corrected chi connectivity index (χ3v) is 7.39. The van der Waals surface area contributed by atoms with Gasteiger partial charge < -0.3 is 35.2 Å². The monoisotopic (exact) mass is 684 g/mol. The Hall–Kier alpha value is -4.04. The second-order valence-corrected chi connectivity index (χ2v) is 11.7. The molecule has 250 valence electrons. The largest absolute Gasteiger partial charge is 0.378 e. The van der Waals surface area contributed by atoms with Gasteiger partial charge in [-0.2, -0.15) is 43.3 Å². The normalized spacial score (nSPS) is 15.4. The van der Waals surface area contributed by atoms with E-state index in [2.05, 4.69) is 70.5 Å². The lowest BCUT2D eigenvalue weighted by molar-refractivity contribution is -0.432. The summed E-state index contributed by atoms with van der Waals surface area (Å²) in [5, 5.41) is 23.8. The minimum Gasteiger partial charge on any atom is -0.378 e. The number of hydrogen-bond acceptors (Lipinski definition) is 22. The number of anilines is 8. The van der Waals surface area contributed by atoms with Gasteiger partial charge in [0, 0.05) is 63.3 Å². The fourth-order valence-electron chi connectivity index (χ4n) is 4.06. The summed E-state index contributed by atoms with van der Waals surface area (Å²) in [7, 11) is -4.18. The van der Waals surface area contributed by atoms with Crippen molar-refractivity contribution in [3.8, 4) is 0 Å². The van der Waals surface area contributed by atoms with Crippen molar-refractivity contribution in [2.45, 2.75) is 0 Å². The lowest BCUT2D eigenvalue weighted by Crippen LogP contribution is -2.37. The van der Waals surface area contributed by atoms with Crippen LogP contribution < -0.4 is 31.1 Å². The molecule has 3 aromatic rings. The minimum absolute atomic E-state index is 0.102. The molecular formula is C22H32N14O8S2. The highest BCUT2D eigenvalue weighted by molar-refractivity contribution is 7.94. The molecule has 0 spiro atoms. The van der Waals surface area contributed by atoms with Gasteiger partial charge in [0.15, 0.2) is 0 Å². The Labute approximate surface area is 266 Å². The van der Waals surface area contributed by atoms with Crippen molar-refractivity contribution in [3.63, 3.8) is 0 Å². The maximum absolute atomic E-state index is 11.2. The molecule has 5 rings (SSSR count). The highest BCUT2D eigenvalue weighted by atomic mass is 32.2. The van der Waals surface area contributed by atoms with E-state index in [0.29, 0.717) is 82.6 Å². The lowest BCUT2D eigenvalue weighted by atomic mass is 10.4. The molecule has 0 saturated carbocycles. The van der Waals surface area contributed by atoms with Crippen LogP contribution in [0.3, 0.4) is 0 Å². The second-order valence-electron chi connectivity index (χ2n) is 9.38. The summed E-state index contributed by atoms with van der Waals surface area (Å²) in [6, 6.07) is 1.60. The van der Waals surface area contributed by atoms with Crippen LogP contribution in [0.2, 0.25) is 0 Å². The molecule has 3 aromatic heterocycles. The van der Waals surface area contributed by atoms with Crippen LogP contribution in [-0.4, -0.2) is 135 Å². The Morgan fingerprint density at radius 3 is 1.93 bits per heavy atom. The van der Waals surface area contributed by atoms with E-state index in [1.807, 2.05) is 9.80 Å². The van der Waals surface area contributed by atoms with Crippen LogP contribution in [-0.2, 0) is 29.0 Å². The van der Waals surface area contributed by atoms with Gasteiger partial charge in [0.05, 0.1) is 32.2 Å². The molecule has 46 heavy (non-hydrogen) atoms. The van der Waals surface area contributed by atoms with Crippen molar-refractivity contribution in [2.75, 3.05) is 108 Å². The molecular weight excluding hydrogens is 652 g/mol. The highest BCUT2D eigenvalue weighted by Crippen LogP contribution is 2.21. The van der Waals surface area contributed by atoms with Crippen molar-refractivity contribution in [1.82, 2.24) is 39.9 Å². The zero-order valence-corrected chi connectivity index (χ0v) is 25.9. The minimum atomic E-state index is -4.18. The molecule has 0 radical (unpaired) electrons. The first-order valence-corrected chi connectivity index (χ1v) is 16.4. The third-order valence-electron chi connectivity index (χ3n) is 6.14. The van der Waals surface area contributed by atoms with Gasteiger partial charge in [-0.1, -0.05) is 5.04 Å². The van der Waals surface area contributed by atoms with Crippen molar-refractivity contribution < 1.29 is 37.1 Å². The average Bonchev–Trinajstić information content (AvgIpc) is 3.05. The molecule has 0 bridgehead atoms. The molecule has 2 aliphatic heterocycles. The highest BCUT2D eigenvalue weighted by Gasteiger charge is 2.19. The zero-order chi connectivity index (χ0) is 32.2. The predicted octanol–water partition coefficient (Wildman–Crippen LogP) is -0.212. The van der Waals surface area contributed by atoms with Gasteiger partial charge >= 0.3 is 0 Å². The smallest absolute Gasteiger partial charge is 0.266 e. The number of nitrogens with zero attached hydrogens (tertiary/aromatic N) is 10. The average molecular weight is 685 g/mol. The van der Waals surface area contributed by atoms with Gasteiger partial charge in [-0.15, -0.1) is 4.33 Å². The number of morpholine rings is 2. The zero-order valence-electron chi connectivity index (χ0n) is 24.3. The fraction of sp³-hybridized carbons (Fsp3) is 0.545. The fourth-order valence-corrected chi connectivity index (χ4v) is 4.72. The Bertz CT molecular complexity index is 1530. The van der Waals surface area contributed by atoms with E-state index in [1.54, 1.807) is 6.07 Å². The van der Waals surface area contributed by atoms with Crippen LogP contribution in [0.4, 0.5) is 47.5 Å². The van der Waals surface area contributed by atoms with Crippen molar-refractivity contribution in [3.05, 3.63) is 12.3 Å². The Morgan fingerprint density at radius 2 is 1.35 bits per heavy atom. The lowest BCUT2D eigenvalue weighted by Gasteiger charge is -2.27. The van der Waals surface area contributed by atoms with Gasteiger partial charge in [0.2, 0.25) is 41.6 Å². The van der Waals surface area contributed by atoms with Gasteiger partial charge in [-0.3, -0.25) is 9.87 Å². The SMILES string of the molecule is O=S(=O)(O)CCNc1nc(Nc2ccnc(Nc3nc(NCCSOOO)nc(N4CCOCC4)n3)n2)nc(N2CCOCC2)n1. The summed E-state index contributed by atoms with van der Waals surface area (Å²) in [6.45, 7) is 4.62. The van der Waals surface area contributed by atoms with Crippen LogP contribution in [0.25, 0.3) is 0 Å². The summed E-state index contributed by atoms with van der Waals surface area (Å²) < 4.78 is 46.7. The number of nitrogens with one attached hydrogen (secondary N) is 4. The van der Waals surface area contributed by atoms with Gasteiger partial charge in [-0.05, 0) is 6.07 Å². The molecule has 0 unspecified atom stereocenters. The number of rotatable bonds is 16. The topological polar surface area (TPSA) is 269 Å². The molecule has 2 aliphatic rings. The molecule has 22 nitrogen and oxygen atoms in total. The molecule has 2 saturated heterocycles. The molecule has 0 aliphatic carbocycles. The van der Waals surface area contributed by atoms with Crippen LogP contribution in [0.15, 0.2) is 12.3 Å². The van der Waals surface area contributed by atoms with E-state index in [9.17, 15) is 8.42 Å². The van der Waals surface area contributed by atoms with Gasteiger partial charge in [0.25, 0.3) is 10.1 Å². The van der Waals surface area contributed by atoms with E-state index >= 15 is 0 Å². The molecule has 0 amide bonds. The number of aromatic nitrogens is 8. The third kappa shape index (κ3) is 10.5. The van der Waals surface area contributed by atoms with E-state index in [4.69, 9.17) is 19.3 Å². The van der Waals surface area contributed by atoms with Crippen LogP contribution in [0, 0.1) is 0 Å². The summed E-state index contributed by atoms with van der Waals surface area (Å²) >= 11 is 0.892. The molecule has 24 heteroatoms. The van der Waals surface area contributed by atoms with E-state index in [1.165, 1.54) is 6.20 Å². The summed E-state index contributed by atoms with van der Waals surface area (Å²) in [6.07, 6.45) is 1.51. The summed E-state index contributed by atoms with van der Waals surface area (Å²) in [5.41, 5.74) is 0. The van der Waals surface area contributed by atoms with E-state index < -0.39 is 15.9 Å².